The van der Waals surface area contributed by atoms with E-state index in [1.54, 1.807) is 6.26 Å². The van der Waals surface area contributed by atoms with Crippen LogP contribution in [0.3, 0.4) is 0 Å². The number of fused-ring (bicyclic) bond motifs is 1. The zero-order valence-corrected chi connectivity index (χ0v) is 15.6. The number of anilines is 1. The van der Waals surface area contributed by atoms with Crippen molar-refractivity contribution in [3.8, 4) is 5.75 Å². The maximum absolute atomic E-state index is 11.4. The number of ether oxygens (including phenoxy) is 1. The highest BCUT2D eigenvalue weighted by molar-refractivity contribution is 5.94. The summed E-state index contributed by atoms with van der Waals surface area (Å²) < 4.78 is 11.1. The normalized spacial score (nSPS) is 13.7. The molecule has 0 unspecified atom stereocenters. The van der Waals surface area contributed by atoms with Gasteiger partial charge in [-0.2, -0.15) is 0 Å². The van der Waals surface area contributed by atoms with Gasteiger partial charge in [-0.15, -0.1) is 0 Å². The van der Waals surface area contributed by atoms with Gasteiger partial charge in [-0.25, -0.2) is 0 Å². The molecule has 2 heterocycles. The Morgan fingerprint density at radius 1 is 1.30 bits per heavy atom. The number of carbonyl (C=O) groups excluding carboxylic acids is 1. The van der Waals surface area contributed by atoms with Crippen LogP contribution in [-0.4, -0.2) is 38.1 Å². The zero-order chi connectivity index (χ0) is 18.9. The van der Waals surface area contributed by atoms with E-state index < -0.39 is 0 Å². The predicted molar refractivity (Wildman–Crippen MR) is 105 cm³/mol. The number of hydrogen-bond acceptors (Lipinski definition) is 4. The Morgan fingerprint density at radius 2 is 2.22 bits per heavy atom. The van der Waals surface area contributed by atoms with Gasteiger partial charge in [0.15, 0.2) is 5.96 Å². The van der Waals surface area contributed by atoms with Gasteiger partial charge in [-0.3, -0.25) is 9.79 Å². The second-order valence-corrected chi connectivity index (χ2v) is 6.23. The minimum Gasteiger partial charge on any atom is -0.492 e. The summed E-state index contributed by atoms with van der Waals surface area (Å²) >= 11 is 0. The van der Waals surface area contributed by atoms with Gasteiger partial charge >= 0.3 is 0 Å². The second kappa shape index (κ2) is 9.66. The molecule has 1 aliphatic heterocycles. The van der Waals surface area contributed by atoms with Gasteiger partial charge in [0.2, 0.25) is 5.91 Å². The molecule has 7 heteroatoms. The van der Waals surface area contributed by atoms with Crippen LogP contribution in [0.4, 0.5) is 5.69 Å². The van der Waals surface area contributed by atoms with E-state index in [1.807, 2.05) is 37.3 Å². The molecule has 3 N–H and O–H groups in total. The number of benzene rings is 1. The molecule has 1 aliphatic rings. The highest BCUT2D eigenvalue weighted by Gasteiger charge is 2.14. The summed E-state index contributed by atoms with van der Waals surface area (Å²) in [5.74, 6) is 2.58. The van der Waals surface area contributed by atoms with Crippen molar-refractivity contribution in [2.75, 3.05) is 31.6 Å². The highest BCUT2D eigenvalue weighted by atomic mass is 16.5. The van der Waals surface area contributed by atoms with Crippen molar-refractivity contribution in [1.82, 2.24) is 10.6 Å². The van der Waals surface area contributed by atoms with Crippen LogP contribution in [0.1, 0.15) is 24.7 Å². The predicted octanol–water partition coefficient (Wildman–Crippen LogP) is 2.34. The number of aliphatic imine (C=N–C) groups is 1. The van der Waals surface area contributed by atoms with E-state index >= 15 is 0 Å². The second-order valence-electron chi connectivity index (χ2n) is 6.23. The first-order valence-electron chi connectivity index (χ1n) is 9.34. The summed E-state index contributed by atoms with van der Waals surface area (Å²) in [6, 6.07) is 9.61. The van der Waals surface area contributed by atoms with Crippen LogP contribution in [0.5, 0.6) is 5.75 Å². The van der Waals surface area contributed by atoms with E-state index in [9.17, 15) is 4.79 Å². The van der Waals surface area contributed by atoms with Crippen LogP contribution < -0.4 is 20.7 Å². The standard InChI is InChI=1S/C20H26N4O3/c1-2-21-20(22-10-9-16-4-3-12-26-16)23-11-13-27-17-6-7-18-15(14-17)5-8-19(25)24-18/h3-4,6-7,12,14H,2,5,8-11,13H2,1H3,(H,24,25)(H2,21,22,23). The molecule has 7 nitrogen and oxygen atoms in total. The van der Waals surface area contributed by atoms with Gasteiger partial charge in [0, 0.05) is 31.6 Å². The van der Waals surface area contributed by atoms with Gasteiger partial charge in [-0.1, -0.05) is 0 Å². The molecule has 1 amide bonds. The van der Waals surface area contributed by atoms with Gasteiger partial charge in [0.1, 0.15) is 18.1 Å². The van der Waals surface area contributed by atoms with Crippen molar-refractivity contribution < 1.29 is 13.9 Å². The van der Waals surface area contributed by atoms with Crippen LogP contribution >= 0.6 is 0 Å². The smallest absolute Gasteiger partial charge is 0.224 e. The lowest BCUT2D eigenvalue weighted by molar-refractivity contribution is -0.116. The van der Waals surface area contributed by atoms with Gasteiger partial charge in [0.05, 0.1) is 12.8 Å². The van der Waals surface area contributed by atoms with Crippen molar-refractivity contribution in [2.45, 2.75) is 26.2 Å². The van der Waals surface area contributed by atoms with Gasteiger partial charge in [0.25, 0.3) is 0 Å². The third kappa shape index (κ3) is 5.77. The maximum atomic E-state index is 11.4. The summed E-state index contributed by atoms with van der Waals surface area (Å²) in [5.41, 5.74) is 2.00. The number of nitrogens with one attached hydrogen (secondary N) is 3. The Hall–Kier alpha value is -2.96. The monoisotopic (exact) mass is 370 g/mol. The fourth-order valence-corrected chi connectivity index (χ4v) is 2.86. The molecule has 0 saturated carbocycles. The largest absolute Gasteiger partial charge is 0.492 e. The average molecular weight is 370 g/mol. The lowest BCUT2D eigenvalue weighted by Gasteiger charge is -2.18. The Bertz CT molecular complexity index is 772. The molecule has 0 aliphatic carbocycles. The van der Waals surface area contributed by atoms with E-state index in [0.29, 0.717) is 26.1 Å². The maximum Gasteiger partial charge on any atom is 0.224 e. The SMILES string of the molecule is CCNC(=NCCc1ccco1)NCCOc1ccc2c(c1)CCC(=O)N2. The first-order valence-corrected chi connectivity index (χ1v) is 9.34. The minimum atomic E-state index is 0.0719. The molecule has 0 atom stereocenters. The molecule has 0 radical (unpaired) electrons. The van der Waals surface area contributed by atoms with Gasteiger partial charge in [-0.05, 0) is 49.2 Å². The highest BCUT2D eigenvalue weighted by Crippen LogP contribution is 2.26. The van der Waals surface area contributed by atoms with E-state index in [0.717, 1.165) is 48.1 Å². The fraction of sp³-hybridized carbons (Fsp3) is 0.400. The number of carbonyl (C=O) groups is 1. The quantitative estimate of drug-likeness (QED) is 0.377. The van der Waals surface area contributed by atoms with E-state index in [2.05, 4.69) is 20.9 Å². The summed E-state index contributed by atoms with van der Waals surface area (Å²) in [5, 5.41) is 9.36. The average Bonchev–Trinajstić information content (AvgIpc) is 3.18. The third-order valence-electron chi connectivity index (χ3n) is 4.19. The topological polar surface area (TPSA) is 87.9 Å². The lowest BCUT2D eigenvalue weighted by atomic mass is 10.0. The van der Waals surface area contributed by atoms with Crippen LogP contribution in [0, 0.1) is 0 Å². The Balaban J connectivity index is 1.42. The number of rotatable bonds is 8. The Labute approximate surface area is 159 Å². The van der Waals surface area contributed by atoms with Crippen LogP contribution in [0.15, 0.2) is 46.0 Å². The Morgan fingerprint density at radius 3 is 3.04 bits per heavy atom. The minimum absolute atomic E-state index is 0.0719. The summed E-state index contributed by atoms with van der Waals surface area (Å²) in [6.45, 7) is 4.64. The van der Waals surface area contributed by atoms with E-state index in [-0.39, 0.29) is 5.91 Å². The van der Waals surface area contributed by atoms with Gasteiger partial charge < -0.3 is 25.1 Å². The number of guanidine groups is 1. The first-order chi connectivity index (χ1) is 13.2. The molecule has 0 saturated heterocycles. The molecule has 2 aromatic rings. The van der Waals surface area contributed by atoms with Crippen LogP contribution in [-0.2, 0) is 17.6 Å². The molecule has 144 valence electrons. The van der Waals surface area contributed by atoms with Crippen LogP contribution in [0.25, 0.3) is 0 Å². The molecule has 3 rings (SSSR count). The molecular formula is C20H26N4O3. The Kier molecular flexibility index (Phi) is 6.73. The van der Waals surface area contributed by atoms with E-state index in [1.165, 1.54) is 0 Å². The molecule has 1 aromatic heterocycles. The molecule has 1 aromatic carbocycles. The molecule has 27 heavy (non-hydrogen) atoms. The lowest BCUT2D eigenvalue weighted by Crippen LogP contribution is -2.39. The molecule has 0 spiro atoms. The summed E-state index contributed by atoms with van der Waals surface area (Å²) in [6.07, 6.45) is 3.72. The molecule has 0 fully saturated rings. The van der Waals surface area contributed by atoms with Crippen molar-refractivity contribution >= 4 is 17.6 Å². The van der Waals surface area contributed by atoms with E-state index in [4.69, 9.17) is 9.15 Å². The number of aryl methyl sites for hydroxylation is 1. The number of furan rings is 1. The fourth-order valence-electron chi connectivity index (χ4n) is 2.86. The van der Waals surface area contributed by atoms with Crippen LogP contribution in [0.2, 0.25) is 0 Å². The zero-order valence-electron chi connectivity index (χ0n) is 15.6. The number of nitrogens with zero attached hydrogens (tertiary/aromatic N) is 1. The van der Waals surface area contributed by atoms with Crippen molar-refractivity contribution in [3.63, 3.8) is 0 Å². The van der Waals surface area contributed by atoms with Crippen molar-refractivity contribution in [3.05, 3.63) is 47.9 Å². The molecular weight excluding hydrogens is 344 g/mol. The van der Waals surface area contributed by atoms with Crippen molar-refractivity contribution in [2.24, 2.45) is 4.99 Å². The third-order valence-corrected chi connectivity index (χ3v) is 4.19. The molecule has 0 bridgehead atoms. The van der Waals surface area contributed by atoms with Crippen molar-refractivity contribution in [1.29, 1.82) is 0 Å². The number of amides is 1. The summed E-state index contributed by atoms with van der Waals surface area (Å²) in [4.78, 5) is 15.9. The summed E-state index contributed by atoms with van der Waals surface area (Å²) in [7, 11) is 0. The first kappa shape index (κ1) is 18.8. The number of hydrogen-bond donors (Lipinski definition) is 3.